The van der Waals surface area contributed by atoms with E-state index < -0.39 is 64.2 Å². The highest BCUT2D eigenvalue weighted by Crippen LogP contribution is 2.64. The maximum atomic E-state index is 14.3. The van der Waals surface area contributed by atoms with Crippen LogP contribution < -0.4 is 0 Å². The highest BCUT2D eigenvalue weighted by Gasteiger charge is 2.79. The lowest BCUT2D eigenvalue weighted by atomic mass is 9.72. The number of carbonyl (C=O) groups excluding carboxylic acids is 5. The average molecular weight is 513 g/mol. The molecule has 0 saturated heterocycles. The molecule has 37 heavy (non-hydrogen) atoms. The van der Waals surface area contributed by atoms with E-state index in [0.717, 1.165) is 4.90 Å². The van der Waals surface area contributed by atoms with Crippen LogP contribution in [0, 0.1) is 0 Å². The number of aliphatic hydroxyl groups is 1. The van der Waals surface area contributed by atoms with E-state index in [4.69, 9.17) is 18.9 Å². The molecule has 3 aliphatic rings. The second-order valence-electron chi connectivity index (χ2n) is 8.34. The second-order valence-corrected chi connectivity index (χ2v) is 8.34. The molecule has 1 aromatic carbocycles. The van der Waals surface area contributed by atoms with Crippen LogP contribution >= 0.6 is 0 Å². The number of benzene rings is 1. The summed E-state index contributed by atoms with van der Waals surface area (Å²) in [6.07, 6.45) is 0. The van der Waals surface area contributed by atoms with Crippen molar-refractivity contribution in [3.8, 4) is 0 Å². The van der Waals surface area contributed by atoms with Crippen LogP contribution in [-0.4, -0.2) is 78.2 Å². The van der Waals surface area contributed by atoms with Gasteiger partial charge in [-0.15, -0.1) is 0 Å². The van der Waals surface area contributed by atoms with Crippen molar-refractivity contribution >= 4 is 29.7 Å². The van der Waals surface area contributed by atoms with Crippen LogP contribution in [-0.2, 0) is 43.7 Å². The van der Waals surface area contributed by atoms with Gasteiger partial charge in [-0.1, -0.05) is 24.3 Å². The molecule has 11 heteroatoms. The van der Waals surface area contributed by atoms with Gasteiger partial charge in [-0.25, -0.2) is 19.2 Å². The fourth-order valence-corrected chi connectivity index (χ4v) is 5.46. The first-order valence-electron chi connectivity index (χ1n) is 12.0. The molecule has 1 aliphatic carbocycles. The van der Waals surface area contributed by atoms with Crippen molar-refractivity contribution in [2.75, 3.05) is 33.0 Å². The van der Waals surface area contributed by atoms with E-state index >= 15 is 0 Å². The van der Waals surface area contributed by atoms with E-state index in [1.165, 1.54) is 32.0 Å². The van der Waals surface area contributed by atoms with Gasteiger partial charge in [-0.2, -0.15) is 0 Å². The maximum absolute atomic E-state index is 14.3. The van der Waals surface area contributed by atoms with Gasteiger partial charge in [0.05, 0.1) is 44.1 Å². The van der Waals surface area contributed by atoms with Crippen molar-refractivity contribution in [1.29, 1.82) is 0 Å². The Labute approximate surface area is 212 Å². The third kappa shape index (κ3) is 3.26. The minimum Gasteiger partial charge on any atom is -0.463 e. The molecular weight excluding hydrogens is 486 g/mol. The molecule has 4 rings (SSSR count). The normalized spacial score (nSPS) is 23.5. The van der Waals surface area contributed by atoms with E-state index in [1.807, 2.05) is 0 Å². The van der Waals surface area contributed by atoms with Crippen molar-refractivity contribution in [2.24, 2.45) is 0 Å². The molecule has 1 N–H and O–H groups in total. The van der Waals surface area contributed by atoms with Crippen LogP contribution in [0.25, 0.3) is 0 Å². The molecule has 2 unspecified atom stereocenters. The monoisotopic (exact) mass is 513 g/mol. The van der Waals surface area contributed by atoms with Gasteiger partial charge in [-0.05, 0) is 27.7 Å². The molecule has 0 bridgehead atoms. The maximum Gasteiger partial charge on any atom is 0.355 e. The van der Waals surface area contributed by atoms with Crippen LogP contribution in [0.15, 0.2) is 46.7 Å². The lowest BCUT2D eigenvalue weighted by Crippen LogP contribution is -2.60. The van der Waals surface area contributed by atoms with Gasteiger partial charge in [0.25, 0.3) is 0 Å². The number of ether oxygens (including phenoxy) is 4. The highest BCUT2D eigenvalue weighted by atomic mass is 16.5. The lowest BCUT2D eigenvalue weighted by Gasteiger charge is -2.39. The second kappa shape index (κ2) is 9.47. The number of esters is 4. The van der Waals surface area contributed by atoms with Crippen molar-refractivity contribution in [3.63, 3.8) is 0 Å². The van der Waals surface area contributed by atoms with Gasteiger partial charge in [0.1, 0.15) is 11.3 Å². The van der Waals surface area contributed by atoms with Crippen molar-refractivity contribution in [1.82, 2.24) is 4.90 Å². The first-order chi connectivity index (χ1) is 17.7. The number of rotatable bonds is 8. The van der Waals surface area contributed by atoms with Crippen LogP contribution in [0.5, 0.6) is 0 Å². The number of hydrogen-bond donors (Lipinski definition) is 1. The Morgan fingerprint density at radius 3 is 1.92 bits per heavy atom. The molecule has 2 aliphatic heterocycles. The van der Waals surface area contributed by atoms with Crippen molar-refractivity contribution < 1.29 is 48.0 Å². The summed E-state index contributed by atoms with van der Waals surface area (Å²) in [4.78, 5) is 68.5. The third-order valence-corrected chi connectivity index (χ3v) is 6.62. The van der Waals surface area contributed by atoms with Gasteiger partial charge < -0.3 is 29.0 Å². The Bertz CT molecular complexity index is 1280. The average Bonchev–Trinajstić information content (AvgIpc) is 3.40. The zero-order valence-electron chi connectivity index (χ0n) is 20.9. The summed E-state index contributed by atoms with van der Waals surface area (Å²) in [6.45, 7) is 5.31. The largest absolute Gasteiger partial charge is 0.463 e. The fraction of sp³-hybridized carbons (Fsp3) is 0.423. The lowest BCUT2D eigenvalue weighted by molar-refractivity contribution is -0.145. The van der Waals surface area contributed by atoms with E-state index in [9.17, 15) is 29.1 Å². The van der Waals surface area contributed by atoms with Crippen LogP contribution in [0.1, 0.15) is 43.6 Å². The SMILES string of the molecule is CCOC(=O)C1=C(C(=O)OCC)C23C(=O)c4ccccc4C2(O)C(C(=O)OCC)=C(C(=O)OCC)N3C1. The summed E-state index contributed by atoms with van der Waals surface area (Å²) in [5.41, 5.74) is -6.84. The molecule has 0 aromatic heterocycles. The molecule has 0 radical (unpaired) electrons. The summed E-state index contributed by atoms with van der Waals surface area (Å²) in [6, 6.07) is 5.93. The Kier molecular flexibility index (Phi) is 6.68. The number of nitrogens with zero attached hydrogens (tertiary/aromatic N) is 1. The quantitative estimate of drug-likeness (QED) is 0.391. The number of hydrogen-bond acceptors (Lipinski definition) is 11. The Morgan fingerprint density at radius 1 is 0.811 bits per heavy atom. The first kappa shape index (κ1) is 26.1. The summed E-state index contributed by atoms with van der Waals surface area (Å²) in [5.74, 6) is -4.91. The first-order valence-corrected chi connectivity index (χ1v) is 12.0. The minimum absolute atomic E-state index is 0.00612. The Balaban J connectivity index is 2.15. The molecule has 196 valence electrons. The van der Waals surface area contributed by atoms with Crippen LogP contribution in [0.3, 0.4) is 0 Å². The number of carbonyl (C=O) groups is 5. The molecule has 0 fully saturated rings. The van der Waals surface area contributed by atoms with E-state index in [2.05, 4.69) is 0 Å². The van der Waals surface area contributed by atoms with Gasteiger partial charge in [0.15, 0.2) is 16.9 Å². The zero-order chi connectivity index (χ0) is 27.1. The summed E-state index contributed by atoms with van der Waals surface area (Å²) in [5, 5.41) is 12.6. The topological polar surface area (TPSA) is 146 Å². The molecule has 2 heterocycles. The summed E-state index contributed by atoms with van der Waals surface area (Å²) in [7, 11) is 0. The zero-order valence-corrected chi connectivity index (χ0v) is 20.9. The molecule has 0 saturated carbocycles. The van der Waals surface area contributed by atoms with E-state index in [1.54, 1.807) is 19.9 Å². The molecular formula is C26H27NO10. The standard InChI is InChI=1S/C26H27NO10/c1-5-34-21(29)15-13-27-19(24(32)37-8-4)18(23(31)36-7-3)26(33)16-12-10-9-11-14(16)20(28)25(26,27)17(15)22(30)35-6-2/h9-12,33H,5-8,13H2,1-4H3. The summed E-state index contributed by atoms with van der Waals surface area (Å²) < 4.78 is 20.8. The molecule has 2 atom stereocenters. The summed E-state index contributed by atoms with van der Waals surface area (Å²) >= 11 is 0. The molecule has 0 amide bonds. The van der Waals surface area contributed by atoms with Crippen LogP contribution in [0.4, 0.5) is 0 Å². The third-order valence-electron chi connectivity index (χ3n) is 6.62. The Hall–Kier alpha value is -3.99. The van der Waals surface area contributed by atoms with Crippen molar-refractivity contribution in [2.45, 2.75) is 38.8 Å². The predicted molar refractivity (Wildman–Crippen MR) is 125 cm³/mol. The Morgan fingerprint density at radius 2 is 1.32 bits per heavy atom. The number of Topliss-reactive ketones (excluding diaryl/α,β-unsaturated/α-hetero) is 1. The predicted octanol–water partition coefficient (Wildman–Crippen LogP) is 0.942. The van der Waals surface area contributed by atoms with Gasteiger partial charge >= 0.3 is 23.9 Å². The van der Waals surface area contributed by atoms with E-state index in [0.29, 0.717) is 0 Å². The van der Waals surface area contributed by atoms with Gasteiger partial charge in [-0.3, -0.25) is 4.79 Å². The number of ketones is 1. The molecule has 11 nitrogen and oxygen atoms in total. The van der Waals surface area contributed by atoms with Crippen molar-refractivity contribution in [3.05, 3.63) is 57.8 Å². The van der Waals surface area contributed by atoms with E-state index in [-0.39, 0.29) is 43.1 Å². The highest BCUT2D eigenvalue weighted by molar-refractivity contribution is 6.24. The fourth-order valence-electron chi connectivity index (χ4n) is 5.46. The van der Waals surface area contributed by atoms with Gasteiger partial charge in [0, 0.05) is 11.1 Å². The van der Waals surface area contributed by atoms with Gasteiger partial charge in [0.2, 0.25) is 0 Å². The smallest absolute Gasteiger partial charge is 0.355 e. The molecule has 1 spiro atoms. The minimum atomic E-state index is -2.59. The number of fused-ring (bicyclic) bond motifs is 2. The molecule has 1 aromatic rings. The van der Waals surface area contributed by atoms with Crippen LogP contribution in [0.2, 0.25) is 0 Å².